The minimum atomic E-state index is -3.41. The van der Waals surface area contributed by atoms with Crippen LogP contribution in [0, 0.1) is 0 Å². The molecule has 1 aromatic rings. The Morgan fingerprint density at radius 1 is 1.62 bits per heavy atom. The van der Waals surface area contributed by atoms with E-state index in [4.69, 9.17) is 9.88 Å². The maximum atomic E-state index is 10.7. The number of nitrogens with two attached hydrogens (primary N) is 1. The van der Waals surface area contributed by atoms with Gasteiger partial charge in [0.25, 0.3) is 0 Å². The monoisotopic (exact) mass is 248 g/mol. The molecule has 0 aromatic carbocycles. The van der Waals surface area contributed by atoms with Crippen molar-refractivity contribution in [1.82, 2.24) is 9.78 Å². The molecule has 1 heterocycles. The summed E-state index contributed by atoms with van der Waals surface area (Å²) in [6.45, 7) is 1.51. The molecule has 0 aliphatic carbocycles. The summed E-state index contributed by atoms with van der Waals surface area (Å²) in [7, 11) is -1.79. The molecule has 0 aliphatic rings. The van der Waals surface area contributed by atoms with E-state index in [1.165, 1.54) is 0 Å². The Hall–Kier alpha value is -1.12. The Morgan fingerprint density at radius 2 is 2.38 bits per heavy atom. The Balaban J connectivity index is 2.35. The molecule has 0 radical (unpaired) electrons. The highest BCUT2D eigenvalue weighted by molar-refractivity contribution is 7.89. The van der Waals surface area contributed by atoms with Crippen molar-refractivity contribution in [2.24, 2.45) is 5.14 Å². The molecule has 92 valence electrons. The highest BCUT2D eigenvalue weighted by atomic mass is 32.2. The number of nitrogens with one attached hydrogen (secondary N) is 1. The van der Waals surface area contributed by atoms with Crippen molar-refractivity contribution in [1.29, 1.82) is 0 Å². The average molecular weight is 248 g/mol. The van der Waals surface area contributed by atoms with Crippen molar-refractivity contribution >= 4 is 15.7 Å². The van der Waals surface area contributed by atoms with Crippen LogP contribution in [0.15, 0.2) is 12.4 Å². The fourth-order valence-corrected chi connectivity index (χ4v) is 1.49. The minimum Gasteiger partial charge on any atom is -0.383 e. The van der Waals surface area contributed by atoms with Crippen LogP contribution in [0.4, 0.5) is 5.69 Å². The molecule has 8 heteroatoms. The lowest BCUT2D eigenvalue weighted by atomic mass is 10.5. The smallest absolute Gasteiger partial charge is 0.210 e. The lowest BCUT2D eigenvalue weighted by molar-refractivity contribution is 0.183. The van der Waals surface area contributed by atoms with E-state index >= 15 is 0 Å². The molecule has 3 N–H and O–H groups in total. The van der Waals surface area contributed by atoms with E-state index in [2.05, 4.69) is 10.4 Å². The Morgan fingerprint density at radius 3 is 3.00 bits per heavy atom. The second kappa shape index (κ2) is 5.83. The summed E-state index contributed by atoms with van der Waals surface area (Å²) in [6, 6.07) is 0. The van der Waals surface area contributed by atoms with Crippen LogP contribution in [0.25, 0.3) is 0 Å². The first-order chi connectivity index (χ1) is 7.51. The summed E-state index contributed by atoms with van der Waals surface area (Å²) in [5, 5.41) is 11.8. The maximum Gasteiger partial charge on any atom is 0.210 e. The van der Waals surface area contributed by atoms with Crippen LogP contribution in [-0.4, -0.2) is 44.2 Å². The quantitative estimate of drug-likeness (QED) is 0.660. The second-order valence-electron chi connectivity index (χ2n) is 3.28. The molecule has 1 rings (SSSR count). The number of anilines is 1. The number of aromatic nitrogens is 2. The Bertz CT molecular complexity index is 415. The number of methoxy groups -OCH3 is 1. The third-order valence-corrected chi connectivity index (χ3v) is 2.65. The molecule has 1 aromatic heterocycles. The van der Waals surface area contributed by atoms with Gasteiger partial charge in [-0.25, -0.2) is 13.6 Å². The third kappa shape index (κ3) is 5.10. The highest BCUT2D eigenvalue weighted by Crippen LogP contribution is 2.03. The first kappa shape index (κ1) is 12.9. The van der Waals surface area contributed by atoms with Gasteiger partial charge in [-0.3, -0.25) is 4.68 Å². The lowest BCUT2D eigenvalue weighted by Crippen LogP contribution is -2.22. The van der Waals surface area contributed by atoms with Crippen LogP contribution >= 0.6 is 0 Å². The number of ether oxygens (including phenoxy) is 1. The number of hydrogen-bond acceptors (Lipinski definition) is 5. The molecule has 16 heavy (non-hydrogen) atoms. The summed E-state index contributed by atoms with van der Waals surface area (Å²) in [4.78, 5) is 0. The van der Waals surface area contributed by atoms with Crippen LogP contribution in [0.1, 0.15) is 0 Å². The Kier molecular flexibility index (Phi) is 4.71. The molecule has 0 aliphatic heterocycles. The molecule has 0 spiro atoms. The fourth-order valence-electron chi connectivity index (χ4n) is 1.10. The van der Waals surface area contributed by atoms with Crippen molar-refractivity contribution in [3.8, 4) is 0 Å². The van der Waals surface area contributed by atoms with Crippen molar-refractivity contribution < 1.29 is 13.2 Å². The summed E-state index contributed by atoms with van der Waals surface area (Å²) < 4.78 is 28.0. The van der Waals surface area contributed by atoms with Gasteiger partial charge in [0.1, 0.15) is 0 Å². The standard InChI is InChI=1S/C8H16N4O3S/c1-15-4-3-12-7-8(6-11-12)10-2-5-16(9,13)14/h6-7,10H,2-5H2,1H3,(H2,9,13,14). The molecule has 0 saturated heterocycles. The molecule has 0 atom stereocenters. The number of sulfonamides is 1. The predicted octanol–water partition coefficient (Wildman–Crippen LogP) is -0.770. The second-order valence-corrected chi connectivity index (χ2v) is 5.01. The Labute approximate surface area is 94.6 Å². The maximum absolute atomic E-state index is 10.7. The SMILES string of the molecule is COCCn1cc(NCCS(N)(=O)=O)cn1. The zero-order valence-corrected chi connectivity index (χ0v) is 9.90. The normalized spacial score (nSPS) is 11.6. The van der Waals surface area contributed by atoms with E-state index in [0.29, 0.717) is 13.2 Å². The molecule has 0 bridgehead atoms. The van der Waals surface area contributed by atoms with Gasteiger partial charge in [-0.15, -0.1) is 0 Å². The third-order valence-electron chi connectivity index (χ3n) is 1.87. The van der Waals surface area contributed by atoms with E-state index < -0.39 is 10.0 Å². The molecule has 0 fully saturated rings. The summed E-state index contributed by atoms with van der Waals surface area (Å²) >= 11 is 0. The number of nitrogens with zero attached hydrogens (tertiary/aromatic N) is 2. The molecule has 0 saturated carbocycles. The topological polar surface area (TPSA) is 99.2 Å². The lowest BCUT2D eigenvalue weighted by Gasteiger charge is -2.01. The molecule has 0 unspecified atom stereocenters. The van der Waals surface area contributed by atoms with E-state index in [1.54, 1.807) is 24.2 Å². The van der Waals surface area contributed by atoms with Gasteiger partial charge in [-0.05, 0) is 0 Å². The summed E-state index contributed by atoms with van der Waals surface area (Å²) in [5.41, 5.74) is 0.764. The van der Waals surface area contributed by atoms with Crippen LogP contribution in [0.2, 0.25) is 0 Å². The van der Waals surface area contributed by atoms with Crippen molar-refractivity contribution in [3.63, 3.8) is 0 Å². The predicted molar refractivity (Wildman–Crippen MR) is 60.6 cm³/mol. The van der Waals surface area contributed by atoms with Gasteiger partial charge in [0, 0.05) is 19.9 Å². The first-order valence-corrected chi connectivity index (χ1v) is 6.48. The number of rotatable bonds is 7. The van der Waals surface area contributed by atoms with E-state index in [1.807, 2.05) is 0 Å². The van der Waals surface area contributed by atoms with E-state index in [-0.39, 0.29) is 12.3 Å². The van der Waals surface area contributed by atoms with Crippen molar-refractivity contribution in [2.45, 2.75) is 6.54 Å². The van der Waals surface area contributed by atoms with E-state index in [0.717, 1.165) is 5.69 Å². The minimum absolute atomic E-state index is 0.101. The fraction of sp³-hybridized carbons (Fsp3) is 0.625. The summed E-state index contributed by atoms with van der Waals surface area (Å²) in [5.74, 6) is -0.101. The number of primary sulfonamides is 1. The van der Waals surface area contributed by atoms with Crippen molar-refractivity contribution in [3.05, 3.63) is 12.4 Å². The van der Waals surface area contributed by atoms with Crippen LogP contribution in [-0.2, 0) is 21.3 Å². The van der Waals surface area contributed by atoms with Gasteiger partial charge >= 0.3 is 0 Å². The molecular formula is C8H16N4O3S. The largest absolute Gasteiger partial charge is 0.383 e. The first-order valence-electron chi connectivity index (χ1n) is 4.77. The average Bonchev–Trinajstić information content (AvgIpc) is 2.61. The van der Waals surface area contributed by atoms with Gasteiger partial charge < -0.3 is 10.1 Å². The van der Waals surface area contributed by atoms with Gasteiger partial charge in [-0.2, -0.15) is 5.10 Å². The molecular weight excluding hydrogens is 232 g/mol. The van der Waals surface area contributed by atoms with Gasteiger partial charge in [-0.1, -0.05) is 0 Å². The van der Waals surface area contributed by atoms with Crippen LogP contribution in [0.5, 0.6) is 0 Å². The van der Waals surface area contributed by atoms with Gasteiger partial charge in [0.2, 0.25) is 10.0 Å². The number of hydrogen-bond donors (Lipinski definition) is 2. The zero-order valence-electron chi connectivity index (χ0n) is 9.09. The van der Waals surface area contributed by atoms with Gasteiger partial charge in [0.15, 0.2) is 0 Å². The highest BCUT2D eigenvalue weighted by Gasteiger charge is 2.02. The van der Waals surface area contributed by atoms with Crippen molar-refractivity contribution in [2.75, 3.05) is 31.3 Å². The zero-order chi connectivity index (χ0) is 12.0. The summed E-state index contributed by atoms with van der Waals surface area (Å²) in [6.07, 6.45) is 3.40. The van der Waals surface area contributed by atoms with Gasteiger partial charge in [0.05, 0.1) is 30.8 Å². The van der Waals surface area contributed by atoms with E-state index in [9.17, 15) is 8.42 Å². The van der Waals surface area contributed by atoms with Crippen LogP contribution in [0.3, 0.4) is 0 Å². The molecule has 0 amide bonds. The molecule has 7 nitrogen and oxygen atoms in total. The van der Waals surface area contributed by atoms with Crippen LogP contribution < -0.4 is 10.5 Å².